The van der Waals surface area contributed by atoms with Crippen LogP contribution in [0.1, 0.15) is 11.7 Å². The van der Waals surface area contributed by atoms with Crippen molar-refractivity contribution in [1.29, 1.82) is 0 Å². The van der Waals surface area contributed by atoms with E-state index in [0.29, 0.717) is 25.3 Å². The third kappa shape index (κ3) is 3.76. The quantitative estimate of drug-likeness (QED) is 0.675. The fourth-order valence-electron chi connectivity index (χ4n) is 2.96. The van der Waals surface area contributed by atoms with Crippen molar-refractivity contribution in [2.45, 2.75) is 6.10 Å². The maximum atomic E-state index is 10.5. The summed E-state index contributed by atoms with van der Waals surface area (Å²) in [5.41, 5.74) is 1.73. The van der Waals surface area contributed by atoms with E-state index in [9.17, 15) is 10.2 Å². The van der Waals surface area contributed by atoms with Crippen molar-refractivity contribution in [3.8, 4) is 17.2 Å². The Morgan fingerprint density at radius 3 is 2.54 bits per heavy atom. The lowest BCUT2D eigenvalue weighted by Crippen LogP contribution is -2.36. The summed E-state index contributed by atoms with van der Waals surface area (Å²) in [5, 5.41) is 25.9. The summed E-state index contributed by atoms with van der Waals surface area (Å²) >= 11 is 0. The first-order chi connectivity index (χ1) is 12.6. The Hall–Kier alpha value is -2.70. The van der Waals surface area contributed by atoms with Gasteiger partial charge in [0.2, 0.25) is 5.75 Å². The van der Waals surface area contributed by atoms with Crippen molar-refractivity contribution in [3.63, 3.8) is 0 Å². The Balaban J connectivity index is 1.70. The Bertz CT molecular complexity index is 868. The topological polar surface area (TPSA) is 80.2 Å². The molecule has 0 aliphatic carbocycles. The number of methoxy groups -OCH3 is 2. The van der Waals surface area contributed by atoms with Gasteiger partial charge in [0.15, 0.2) is 11.5 Å². The van der Waals surface area contributed by atoms with Gasteiger partial charge in [0.05, 0.1) is 26.6 Å². The molecule has 1 aliphatic heterocycles. The molecule has 1 aliphatic rings. The number of benzene rings is 2. The Morgan fingerprint density at radius 2 is 1.85 bits per heavy atom. The Labute approximate surface area is 152 Å². The fourth-order valence-corrected chi connectivity index (χ4v) is 2.96. The van der Waals surface area contributed by atoms with Crippen molar-refractivity contribution < 1.29 is 24.4 Å². The molecule has 3 N–H and O–H groups in total. The first-order valence-electron chi connectivity index (χ1n) is 8.36. The van der Waals surface area contributed by atoms with Crippen LogP contribution in [0.5, 0.6) is 17.2 Å². The fraction of sp³-hybridized carbons (Fsp3) is 0.300. The van der Waals surface area contributed by atoms with Crippen LogP contribution in [0.15, 0.2) is 36.4 Å². The maximum absolute atomic E-state index is 10.5. The molecule has 2 aromatic rings. The van der Waals surface area contributed by atoms with E-state index in [2.05, 4.69) is 11.4 Å². The zero-order chi connectivity index (χ0) is 18.5. The average molecular weight is 357 g/mol. The van der Waals surface area contributed by atoms with E-state index < -0.39 is 6.10 Å². The number of phenolic OH excluding ortho intramolecular Hbond substituents is 1. The van der Waals surface area contributed by atoms with Gasteiger partial charge in [-0.15, -0.1) is 0 Å². The van der Waals surface area contributed by atoms with Crippen molar-refractivity contribution in [3.05, 3.63) is 52.4 Å². The van der Waals surface area contributed by atoms with Crippen LogP contribution in [0.2, 0.25) is 0 Å². The first-order valence-corrected chi connectivity index (χ1v) is 8.36. The number of ether oxygens (including phenoxy) is 3. The highest BCUT2D eigenvalue weighted by atomic mass is 16.5. The molecule has 2 aromatic carbocycles. The minimum absolute atomic E-state index is 0.0818. The van der Waals surface area contributed by atoms with Gasteiger partial charge in [-0.1, -0.05) is 24.3 Å². The molecule has 1 unspecified atom stereocenters. The second kappa shape index (κ2) is 8.12. The average Bonchev–Trinajstić information content (AvgIpc) is 2.68. The highest BCUT2D eigenvalue weighted by molar-refractivity contribution is 5.53. The van der Waals surface area contributed by atoms with Gasteiger partial charge in [-0.2, -0.15) is 0 Å². The van der Waals surface area contributed by atoms with Crippen molar-refractivity contribution >= 4 is 11.8 Å². The number of hydrogen-bond acceptors (Lipinski definition) is 6. The van der Waals surface area contributed by atoms with E-state index in [1.165, 1.54) is 14.2 Å². The van der Waals surface area contributed by atoms with Gasteiger partial charge < -0.3 is 29.7 Å². The minimum atomic E-state index is -0.773. The molecule has 26 heavy (non-hydrogen) atoms. The zero-order valence-electron chi connectivity index (χ0n) is 14.9. The molecule has 6 heteroatoms. The first kappa shape index (κ1) is 18.1. The van der Waals surface area contributed by atoms with Crippen LogP contribution in [0.4, 0.5) is 0 Å². The number of aliphatic hydroxyl groups is 1. The summed E-state index contributed by atoms with van der Waals surface area (Å²) in [6.07, 6.45) is 0.994. The smallest absolute Gasteiger partial charge is 0.200 e. The standard InChI is InChI=1S/C20H23NO5/c1-24-18-7-14(8-19(25-2)20(18)23)17(22)10-21-9-15-12-26-11-13-5-3-4-6-16(13)15/h3-8,11,17,21-23H,9-10,12H2,1-2H3. The second-order valence-corrected chi connectivity index (χ2v) is 6.04. The van der Waals surface area contributed by atoms with Crippen molar-refractivity contribution in [2.75, 3.05) is 33.9 Å². The van der Waals surface area contributed by atoms with Crippen LogP contribution in [0.3, 0.4) is 0 Å². The van der Waals surface area contributed by atoms with E-state index in [4.69, 9.17) is 14.2 Å². The van der Waals surface area contributed by atoms with Gasteiger partial charge in [-0.05, 0) is 28.5 Å². The van der Waals surface area contributed by atoms with Crippen molar-refractivity contribution in [1.82, 2.24) is 5.32 Å². The molecule has 0 spiro atoms. The molecule has 3 rings (SSSR count). The predicted octanol–water partition coefficient (Wildman–Crippen LogP) is 0.651. The highest BCUT2D eigenvalue weighted by Gasteiger charge is 2.16. The molecule has 6 nitrogen and oxygen atoms in total. The number of aliphatic hydroxyl groups excluding tert-OH is 1. The summed E-state index contributed by atoms with van der Waals surface area (Å²) in [6, 6.07) is 11.3. The molecule has 0 saturated carbocycles. The number of phenols is 1. The molecule has 0 bridgehead atoms. The molecule has 0 radical (unpaired) electrons. The third-order valence-electron chi connectivity index (χ3n) is 4.37. The minimum Gasteiger partial charge on any atom is -0.502 e. The van der Waals surface area contributed by atoms with Gasteiger partial charge in [0.25, 0.3) is 0 Å². The summed E-state index contributed by atoms with van der Waals surface area (Å²) in [4.78, 5) is 0. The van der Waals surface area contributed by atoms with E-state index in [0.717, 1.165) is 16.0 Å². The van der Waals surface area contributed by atoms with Gasteiger partial charge in [-0.25, -0.2) is 0 Å². The molecule has 1 heterocycles. The largest absolute Gasteiger partial charge is 0.502 e. The molecular formula is C20H23NO5. The molecule has 0 saturated heterocycles. The van der Waals surface area contributed by atoms with Crippen LogP contribution in [0, 0.1) is 0 Å². The summed E-state index contributed by atoms with van der Waals surface area (Å²) < 4.78 is 15.8. The van der Waals surface area contributed by atoms with Crippen LogP contribution in [-0.4, -0.2) is 44.1 Å². The van der Waals surface area contributed by atoms with Gasteiger partial charge in [-0.3, -0.25) is 0 Å². The second-order valence-electron chi connectivity index (χ2n) is 6.04. The maximum Gasteiger partial charge on any atom is 0.200 e. The molecule has 0 fully saturated rings. The highest BCUT2D eigenvalue weighted by Crippen LogP contribution is 2.38. The molecule has 138 valence electrons. The lowest BCUT2D eigenvalue weighted by atomic mass is 10.1. The molecular weight excluding hydrogens is 334 g/mol. The van der Waals surface area contributed by atoms with E-state index in [-0.39, 0.29) is 17.2 Å². The Morgan fingerprint density at radius 1 is 1.15 bits per heavy atom. The summed E-state index contributed by atoms with van der Waals surface area (Å²) in [5.74, 6) is 0.442. The number of aromatic hydroxyl groups is 1. The lowest BCUT2D eigenvalue weighted by molar-refractivity contribution is 0.175. The van der Waals surface area contributed by atoms with Crippen LogP contribution >= 0.6 is 0 Å². The monoisotopic (exact) mass is 357 g/mol. The zero-order valence-corrected chi connectivity index (χ0v) is 14.9. The van der Waals surface area contributed by atoms with Gasteiger partial charge in [0, 0.05) is 18.3 Å². The van der Waals surface area contributed by atoms with Crippen LogP contribution < -0.4 is 25.2 Å². The van der Waals surface area contributed by atoms with Gasteiger partial charge in [0.1, 0.15) is 6.61 Å². The normalized spacial score (nSPS) is 14.0. The molecule has 0 aromatic heterocycles. The van der Waals surface area contributed by atoms with Crippen LogP contribution in [0.25, 0.3) is 11.8 Å². The SMILES string of the molecule is COc1cc(C(O)CNCC2=c3ccccc3=COC2)cc(OC)c1O. The van der Waals surface area contributed by atoms with E-state index in [1.54, 1.807) is 18.4 Å². The number of nitrogens with one attached hydrogen (secondary N) is 1. The third-order valence-corrected chi connectivity index (χ3v) is 4.37. The molecule has 1 atom stereocenters. The summed E-state index contributed by atoms with van der Waals surface area (Å²) in [6.45, 7) is 1.47. The lowest BCUT2D eigenvalue weighted by Gasteiger charge is -2.17. The van der Waals surface area contributed by atoms with Crippen molar-refractivity contribution in [2.24, 2.45) is 0 Å². The van der Waals surface area contributed by atoms with Crippen LogP contribution in [-0.2, 0) is 4.74 Å². The number of fused-ring (bicyclic) bond motifs is 1. The number of hydrogen-bond donors (Lipinski definition) is 3. The predicted molar refractivity (Wildman–Crippen MR) is 98.6 cm³/mol. The number of rotatable bonds is 7. The van der Waals surface area contributed by atoms with E-state index in [1.807, 2.05) is 18.2 Å². The Kier molecular flexibility index (Phi) is 5.65. The summed E-state index contributed by atoms with van der Waals surface area (Å²) in [7, 11) is 2.91. The van der Waals surface area contributed by atoms with E-state index >= 15 is 0 Å². The van der Waals surface area contributed by atoms with Gasteiger partial charge >= 0.3 is 0 Å². The molecule has 0 amide bonds.